The molecule has 0 saturated carbocycles. The largest absolute Gasteiger partial charge is 0.495 e. The van der Waals surface area contributed by atoms with Gasteiger partial charge < -0.3 is 14.5 Å². The van der Waals surface area contributed by atoms with Gasteiger partial charge in [0, 0.05) is 47.8 Å². The molecule has 156 valence electrons. The molecule has 0 N–H and O–H groups in total. The number of benzene rings is 2. The van der Waals surface area contributed by atoms with Crippen molar-refractivity contribution in [2.75, 3.05) is 38.2 Å². The van der Waals surface area contributed by atoms with E-state index in [2.05, 4.69) is 21.3 Å². The first-order chi connectivity index (χ1) is 14.6. The summed E-state index contributed by atoms with van der Waals surface area (Å²) >= 11 is 3.42. The van der Waals surface area contributed by atoms with Crippen molar-refractivity contribution in [1.29, 1.82) is 0 Å². The third kappa shape index (κ3) is 4.79. The number of anilines is 1. The van der Waals surface area contributed by atoms with E-state index in [1.165, 1.54) is 0 Å². The maximum absolute atomic E-state index is 12.9. The quantitative estimate of drug-likeness (QED) is 0.520. The first kappa shape index (κ1) is 20.8. The van der Waals surface area contributed by atoms with Gasteiger partial charge >= 0.3 is 0 Å². The van der Waals surface area contributed by atoms with E-state index in [-0.39, 0.29) is 5.91 Å². The second-order valence-corrected chi connectivity index (χ2v) is 9.23. The summed E-state index contributed by atoms with van der Waals surface area (Å²) in [5.74, 6) is 1.82. The second kappa shape index (κ2) is 9.53. The number of aromatic nitrogens is 1. The van der Waals surface area contributed by atoms with Gasteiger partial charge in [0.05, 0.1) is 23.5 Å². The highest BCUT2D eigenvalue weighted by atomic mass is 32.2. The molecule has 3 aromatic rings. The van der Waals surface area contributed by atoms with E-state index in [1.807, 2.05) is 54.3 Å². The lowest BCUT2D eigenvalue weighted by molar-refractivity contribution is 0.0746. The van der Waals surface area contributed by atoms with E-state index in [1.54, 1.807) is 30.2 Å². The number of methoxy groups -OCH3 is 1. The van der Waals surface area contributed by atoms with E-state index < -0.39 is 0 Å². The number of rotatable bonds is 6. The monoisotopic (exact) mass is 439 g/mol. The number of thiazole rings is 1. The fraction of sp³-hybridized carbons (Fsp3) is 0.304. The molecular formula is C23H25N3O2S2. The lowest BCUT2D eigenvalue weighted by Crippen LogP contribution is -2.48. The Morgan fingerprint density at radius 1 is 1.10 bits per heavy atom. The first-order valence-electron chi connectivity index (χ1n) is 9.95. The topological polar surface area (TPSA) is 45.7 Å². The van der Waals surface area contributed by atoms with Crippen molar-refractivity contribution in [2.24, 2.45) is 0 Å². The lowest BCUT2D eigenvalue weighted by atomic mass is 10.1. The van der Waals surface area contributed by atoms with Gasteiger partial charge in [0.15, 0.2) is 0 Å². The zero-order valence-electron chi connectivity index (χ0n) is 17.2. The van der Waals surface area contributed by atoms with Crippen molar-refractivity contribution in [2.45, 2.75) is 17.6 Å². The normalized spacial score (nSPS) is 14.1. The van der Waals surface area contributed by atoms with Gasteiger partial charge in [0.2, 0.25) is 0 Å². The molecule has 2 heterocycles. The Hall–Kier alpha value is -2.51. The number of amides is 1. The molecule has 0 aliphatic carbocycles. The van der Waals surface area contributed by atoms with Crippen molar-refractivity contribution in [1.82, 2.24) is 9.88 Å². The Bertz CT molecular complexity index is 996. The summed E-state index contributed by atoms with van der Waals surface area (Å²) in [5, 5.41) is 3.20. The molecule has 5 nitrogen and oxygen atoms in total. The average molecular weight is 440 g/mol. The molecule has 0 radical (unpaired) electrons. The standard InChI is InChI=1S/C23H25N3O2S2/c1-17-24-19(15-29-17)16-30-20-9-7-18(8-10-20)23(27)26-13-11-25(12-14-26)21-5-3-4-6-22(21)28-2/h3-10,15H,11-14,16H2,1-2H3. The SMILES string of the molecule is COc1ccccc1N1CCN(C(=O)c2ccc(SCc3csc(C)n3)cc2)CC1. The molecule has 7 heteroatoms. The van der Waals surface area contributed by atoms with Crippen LogP contribution in [0.4, 0.5) is 5.69 Å². The summed E-state index contributed by atoms with van der Waals surface area (Å²) in [5.41, 5.74) is 2.94. The predicted molar refractivity (Wildman–Crippen MR) is 124 cm³/mol. The van der Waals surface area contributed by atoms with Crippen LogP contribution in [0.15, 0.2) is 58.8 Å². The van der Waals surface area contributed by atoms with Gasteiger partial charge in [-0.25, -0.2) is 4.98 Å². The Balaban J connectivity index is 1.32. The number of ether oxygens (including phenoxy) is 1. The third-order valence-electron chi connectivity index (χ3n) is 5.15. The molecule has 1 amide bonds. The molecule has 1 aliphatic rings. The van der Waals surface area contributed by atoms with E-state index in [0.29, 0.717) is 13.1 Å². The molecule has 0 unspecified atom stereocenters. The molecule has 1 saturated heterocycles. The molecule has 1 fully saturated rings. The molecule has 4 rings (SSSR count). The number of thioether (sulfide) groups is 1. The van der Waals surface area contributed by atoms with Crippen LogP contribution in [-0.4, -0.2) is 49.1 Å². The minimum atomic E-state index is 0.0985. The molecule has 0 atom stereocenters. The number of hydrogen-bond donors (Lipinski definition) is 0. The van der Waals surface area contributed by atoms with Crippen LogP contribution >= 0.6 is 23.1 Å². The molecule has 0 spiro atoms. The summed E-state index contributed by atoms with van der Waals surface area (Å²) in [6.45, 7) is 5.03. The van der Waals surface area contributed by atoms with Crippen LogP contribution < -0.4 is 9.64 Å². The molecule has 0 bridgehead atoms. The summed E-state index contributed by atoms with van der Waals surface area (Å²) in [6, 6.07) is 16.0. The van der Waals surface area contributed by atoms with Gasteiger partial charge in [-0.1, -0.05) is 12.1 Å². The maximum atomic E-state index is 12.9. The van der Waals surface area contributed by atoms with Crippen molar-refractivity contribution in [3.05, 3.63) is 70.2 Å². The van der Waals surface area contributed by atoms with Gasteiger partial charge in [-0.05, 0) is 43.3 Å². The Morgan fingerprint density at radius 3 is 2.50 bits per heavy atom. The van der Waals surface area contributed by atoms with Crippen LogP contribution in [0.3, 0.4) is 0 Å². The van der Waals surface area contributed by atoms with Gasteiger partial charge in [0.1, 0.15) is 5.75 Å². The van der Waals surface area contributed by atoms with Crippen LogP contribution in [-0.2, 0) is 5.75 Å². The number of piperazine rings is 1. The predicted octanol–water partition coefficient (Wildman–Crippen LogP) is 4.71. The van der Waals surface area contributed by atoms with E-state index in [0.717, 1.165) is 51.4 Å². The van der Waals surface area contributed by atoms with Crippen molar-refractivity contribution >= 4 is 34.7 Å². The number of carbonyl (C=O) groups excluding carboxylic acids is 1. The number of para-hydroxylation sites is 2. The van der Waals surface area contributed by atoms with Gasteiger partial charge in [-0.2, -0.15) is 0 Å². The van der Waals surface area contributed by atoms with Crippen LogP contribution in [0.1, 0.15) is 21.1 Å². The van der Waals surface area contributed by atoms with Crippen LogP contribution in [0.5, 0.6) is 5.75 Å². The average Bonchev–Trinajstić information content (AvgIpc) is 3.22. The minimum absolute atomic E-state index is 0.0985. The number of carbonyl (C=O) groups is 1. The molecular weight excluding hydrogens is 414 g/mol. The molecule has 1 aromatic heterocycles. The fourth-order valence-electron chi connectivity index (χ4n) is 3.55. The molecule has 30 heavy (non-hydrogen) atoms. The first-order valence-corrected chi connectivity index (χ1v) is 11.8. The van der Waals surface area contributed by atoms with E-state index in [9.17, 15) is 4.79 Å². The number of aryl methyl sites for hydroxylation is 1. The van der Waals surface area contributed by atoms with E-state index >= 15 is 0 Å². The van der Waals surface area contributed by atoms with Crippen LogP contribution in [0, 0.1) is 6.92 Å². The number of hydrogen-bond acceptors (Lipinski definition) is 6. The zero-order valence-corrected chi connectivity index (χ0v) is 18.8. The zero-order chi connectivity index (χ0) is 20.9. The fourth-order valence-corrected chi connectivity index (χ4v) is 5.06. The minimum Gasteiger partial charge on any atom is -0.495 e. The smallest absolute Gasteiger partial charge is 0.253 e. The highest BCUT2D eigenvalue weighted by Crippen LogP contribution is 2.29. The van der Waals surface area contributed by atoms with Crippen LogP contribution in [0.2, 0.25) is 0 Å². The molecule has 2 aromatic carbocycles. The van der Waals surface area contributed by atoms with E-state index in [4.69, 9.17) is 4.74 Å². The van der Waals surface area contributed by atoms with Gasteiger partial charge in [-0.15, -0.1) is 23.1 Å². The second-order valence-electron chi connectivity index (χ2n) is 7.12. The number of nitrogens with zero attached hydrogens (tertiary/aromatic N) is 3. The highest BCUT2D eigenvalue weighted by molar-refractivity contribution is 7.98. The summed E-state index contributed by atoms with van der Waals surface area (Å²) < 4.78 is 5.48. The van der Waals surface area contributed by atoms with Crippen molar-refractivity contribution in [3.63, 3.8) is 0 Å². The highest BCUT2D eigenvalue weighted by Gasteiger charge is 2.23. The molecule has 1 aliphatic heterocycles. The Morgan fingerprint density at radius 2 is 1.83 bits per heavy atom. The van der Waals surface area contributed by atoms with Gasteiger partial charge in [-0.3, -0.25) is 4.79 Å². The summed E-state index contributed by atoms with van der Waals surface area (Å²) in [7, 11) is 1.69. The lowest BCUT2D eigenvalue weighted by Gasteiger charge is -2.36. The third-order valence-corrected chi connectivity index (χ3v) is 7.02. The summed E-state index contributed by atoms with van der Waals surface area (Å²) in [6.07, 6.45) is 0. The van der Waals surface area contributed by atoms with Crippen molar-refractivity contribution in [3.8, 4) is 5.75 Å². The van der Waals surface area contributed by atoms with Crippen LogP contribution in [0.25, 0.3) is 0 Å². The van der Waals surface area contributed by atoms with Gasteiger partial charge in [0.25, 0.3) is 5.91 Å². The maximum Gasteiger partial charge on any atom is 0.253 e. The van der Waals surface area contributed by atoms with Crippen molar-refractivity contribution < 1.29 is 9.53 Å². The Kier molecular flexibility index (Phi) is 6.59. The Labute approximate surface area is 185 Å². The summed E-state index contributed by atoms with van der Waals surface area (Å²) in [4.78, 5) is 22.8.